The predicted octanol–water partition coefficient (Wildman–Crippen LogP) is 2.46. The number of likely N-dealkylation sites (tertiary alicyclic amines) is 1. The molecule has 0 radical (unpaired) electrons. The molecule has 1 N–H and O–H groups in total. The van der Waals surface area contributed by atoms with Crippen molar-refractivity contribution in [1.82, 2.24) is 4.90 Å². The van der Waals surface area contributed by atoms with Gasteiger partial charge in [-0.15, -0.1) is 0 Å². The van der Waals surface area contributed by atoms with Gasteiger partial charge in [0.05, 0.1) is 5.56 Å². The Morgan fingerprint density at radius 1 is 1.27 bits per heavy atom. The highest BCUT2D eigenvalue weighted by Gasteiger charge is 2.47. The third kappa shape index (κ3) is 2.28. The highest BCUT2D eigenvalue weighted by atomic mass is 16.4. The number of aliphatic carboxylic acids is 1. The number of benzene rings is 1. The van der Waals surface area contributed by atoms with E-state index in [1.165, 1.54) is 6.26 Å². The molecule has 2 heterocycles. The van der Waals surface area contributed by atoms with Gasteiger partial charge in [-0.3, -0.25) is 9.59 Å². The van der Waals surface area contributed by atoms with Gasteiger partial charge < -0.3 is 14.4 Å². The van der Waals surface area contributed by atoms with Crippen LogP contribution in [0.25, 0.3) is 0 Å². The topological polar surface area (TPSA) is 70.8 Å². The summed E-state index contributed by atoms with van der Waals surface area (Å²) in [6.07, 6.45) is 1.83. The minimum absolute atomic E-state index is 0.176. The molecule has 0 saturated carbocycles. The van der Waals surface area contributed by atoms with Crippen molar-refractivity contribution in [3.8, 4) is 0 Å². The molecule has 1 aromatic heterocycles. The molecule has 1 aliphatic heterocycles. The number of carboxylic acid groups (broad SMARTS) is 1. The van der Waals surface area contributed by atoms with E-state index >= 15 is 0 Å². The van der Waals surface area contributed by atoms with Crippen molar-refractivity contribution in [3.05, 3.63) is 59.5 Å². The van der Waals surface area contributed by atoms with Gasteiger partial charge in [0.15, 0.2) is 0 Å². The molecule has 2 aromatic rings. The van der Waals surface area contributed by atoms with E-state index in [9.17, 15) is 14.7 Å². The second-order valence-electron chi connectivity index (χ2n) is 5.68. The van der Waals surface area contributed by atoms with Gasteiger partial charge in [0.1, 0.15) is 17.4 Å². The molecule has 1 aromatic carbocycles. The van der Waals surface area contributed by atoms with Crippen LogP contribution in [0.5, 0.6) is 0 Å². The molecule has 3 rings (SSSR count). The molecule has 22 heavy (non-hydrogen) atoms. The lowest BCUT2D eigenvalue weighted by Crippen LogP contribution is -2.40. The maximum Gasteiger partial charge on any atom is 0.316 e. The van der Waals surface area contributed by atoms with Crippen molar-refractivity contribution in [2.75, 3.05) is 13.1 Å². The first-order valence-corrected chi connectivity index (χ1v) is 7.16. The SMILES string of the molecule is Cc1cc(C(=O)N2CCC(C(=O)O)(c3ccccc3)C2)co1. The van der Waals surface area contributed by atoms with E-state index < -0.39 is 11.4 Å². The Kier molecular flexibility index (Phi) is 3.48. The smallest absolute Gasteiger partial charge is 0.316 e. The number of aryl methyl sites for hydroxylation is 1. The Bertz CT molecular complexity index is 706. The standard InChI is InChI=1S/C17H17NO4/c1-12-9-13(10-22-12)15(19)18-8-7-17(11-18,16(20)21)14-5-3-2-4-6-14/h2-6,9-10H,7-8,11H2,1H3,(H,20,21). The minimum Gasteiger partial charge on any atom is -0.481 e. The molecular weight excluding hydrogens is 282 g/mol. The first-order chi connectivity index (χ1) is 10.5. The molecule has 0 aliphatic carbocycles. The van der Waals surface area contributed by atoms with Crippen LogP contribution in [0.2, 0.25) is 0 Å². The van der Waals surface area contributed by atoms with E-state index in [-0.39, 0.29) is 12.5 Å². The zero-order valence-corrected chi connectivity index (χ0v) is 12.3. The lowest BCUT2D eigenvalue weighted by Gasteiger charge is -2.25. The Morgan fingerprint density at radius 3 is 2.59 bits per heavy atom. The third-order valence-electron chi connectivity index (χ3n) is 4.27. The number of amides is 1. The average molecular weight is 299 g/mol. The fourth-order valence-electron chi connectivity index (χ4n) is 3.01. The molecule has 0 spiro atoms. The summed E-state index contributed by atoms with van der Waals surface area (Å²) in [7, 11) is 0. The van der Waals surface area contributed by atoms with Gasteiger partial charge in [-0.2, -0.15) is 0 Å². The van der Waals surface area contributed by atoms with Crippen LogP contribution in [0.3, 0.4) is 0 Å². The van der Waals surface area contributed by atoms with E-state index in [1.54, 1.807) is 17.9 Å². The van der Waals surface area contributed by atoms with Crippen LogP contribution in [0.1, 0.15) is 28.1 Å². The lowest BCUT2D eigenvalue weighted by atomic mass is 9.80. The van der Waals surface area contributed by atoms with Crippen molar-refractivity contribution in [1.29, 1.82) is 0 Å². The largest absolute Gasteiger partial charge is 0.481 e. The quantitative estimate of drug-likeness (QED) is 0.945. The van der Waals surface area contributed by atoms with Gasteiger partial charge >= 0.3 is 5.97 Å². The first-order valence-electron chi connectivity index (χ1n) is 7.16. The van der Waals surface area contributed by atoms with Gasteiger partial charge in [-0.25, -0.2) is 0 Å². The molecule has 5 heteroatoms. The Labute approximate surface area is 128 Å². The van der Waals surface area contributed by atoms with Gasteiger partial charge in [-0.05, 0) is 25.0 Å². The van der Waals surface area contributed by atoms with Crippen LogP contribution in [0, 0.1) is 6.92 Å². The lowest BCUT2D eigenvalue weighted by molar-refractivity contribution is -0.143. The van der Waals surface area contributed by atoms with Crippen molar-refractivity contribution < 1.29 is 19.1 Å². The number of nitrogens with zero attached hydrogens (tertiary/aromatic N) is 1. The van der Waals surface area contributed by atoms with Crippen molar-refractivity contribution in [2.24, 2.45) is 0 Å². The number of carbonyl (C=O) groups is 2. The van der Waals surface area contributed by atoms with Gasteiger partial charge in [-0.1, -0.05) is 30.3 Å². The van der Waals surface area contributed by atoms with Crippen molar-refractivity contribution in [2.45, 2.75) is 18.8 Å². The van der Waals surface area contributed by atoms with Crippen LogP contribution >= 0.6 is 0 Å². The minimum atomic E-state index is -1.03. The monoisotopic (exact) mass is 299 g/mol. The molecule has 1 amide bonds. The number of carboxylic acids is 1. The zero-order valence-electron chi connectivity index (χ0n) is 12.3. The number of rotatable bonds is 3. The Hall–Kier alpha value is -2.56. The summed E-state index contributed by atoms with van der Waals surface area (Å²) in [6, 6.07) is 10.8. The normalized spacial score (nSPS) is 21.0. The van der Waals surface area contributed by atoms with Crippen LogP contribution in [-0.2, 0) is 10.2 Å². The Balaban J connectivity index is 1.88. The number of hydrogen-bond acceptors (Lipinski definition) is 3. The second kappa shape index (κ2) is 5.33. The van der Waals surface area contributed by atoms with E-state index in [1.807, 2.05) is 30.3 Å². The van der Waals surface area contributed by atoms with Crippen LogP contribution in [0.4, 0.5) is 0 Å². The maximum atomic E-state index is 12.5. The van der Waals surface area contributed by atoms with Crippen LogP contribution in [0.15, 0.2) is 47.1 Å². The van der Waals surface area contributed by atoms with Crippen molar-refractivity contribution in [3.63, 3.8) is 0 Å². The summed E-state index contributed by atoms with van der Waals surface area (Å²) in [5, 5.41) is 9.73. The molecule has 1 fully saturated rings. The van der Waals surface area contributed by atoms with E-state index in [4.69, 9.17) is 4.42 Å². The number of carbonyl (C=O) groups excluding carboxylic acids is 1. The summed E-state index contributed by atoms with van der Waals surface area (Å²) in [5.41, 5.74) is 0.170. The summed E-state index contributed by atoms with van der Waals surface area (Å²) >= 11 is 0. The number of hydrogen-bond donors (Lipinski definition) is 1. The first kappa shape index (κ1) is 14.4. The molecule has 114 valence electrons. The second-order valence-corrected chi connectivity index (χ2v) is 5.68. The van der Waals surface area contributed by atoms with E-state index in [0.29, 0.717) is 24.3 Å². The summed E-state index contributed by atoms with van der Waals surface area (Å²) < 4.78 is 5.17. The van der Waals surface area contributed by atoms with Gasteiger partial charge in [0.25, 0.3) is 5.91 Å². The fourth-order valence-corrected chi connectivity index (χ4v) is 3.01. The molecule has 1 atom stereocenters. The molecule has 1 unspecified atom stereocenters. The highest BCUT2D eigenvalue weighted by molar-refractivity contribution is 5.95. The van der Waals surface area contributed by atoms with Crippen LogP contribution < -0.4 is 0 Å². The molecule has 5 nitrogen and oxygen atoms in total. The third-order valence-corrected chi connectivity index (χ3v) is 4.27. The summed E-state index contributed by atoms with van der Waals surface area (Å²) in [4.78, 5) is 25.9. The van der Waals surface area contributed by atoms with Gasteiger partial charge in [0.2, 0.25) is 0 Å². The van der Waals surface area contributed by atoms with Crippen LogP contribution in [-0.4, -0.2) is 35.0 Å². The average Bonchev–Trinajstić information content (AvgIpc) is 3.15. The zero-order chi connectivity index (χ0) is 15.7. The summed E-state index contributed by atoms with van der Waals surface area (Å²) in [5.74, 6) is -0.414. The van der Waals surface area contributed by atoms with Gasteiger partial charge in [0, 0.05) is 13.1 Å². The van der Waals surface area contributed by atoms with Crippen molar-refractivity contribution >= 4 is 11.9 Å². The molecule has 1 saturated heterocycles. The molecule has 0 bridgehead atoms. The number of furan rings is 1. The molecular formula is C17H17NO4. The van der Waals surface area contributed by atoms with E-state index in [0.717, 1.165) is 5.56 Å². The highest BCUT2D eigenvalue weighted by Crippen LogP contribution is 2.35. The maximum absolute atomic E-state index is 12.5. The predicted molar refractivity (Wildman–Crippen MR) is 79.7 cm³/mol. The fraction of sp³-hybridized carbons (Fsp3) is 0.294. The Morgan fingerprint density at radius 2 is 2.00 bits per heavy atom. The summed E-state index contributed by atoms with van der Waals surface area (Å²) in [6.45, 7) is 2.37. The van der Waals surface area contributed by atoms with E-state index in [2.05, 4.69) is 0 Å². The molecule has 1 aliphatic rings.